The average Bonchev–Trinajstić information content (AvgIpc) is 3.48. The minimum atomic E-state index is -1.49. The van der Waals surface area contributed by atoms with Gasteiger partial charge in [-0.3, -0.25) is 0 Å². The SMILES string of the molecule is CCCCCCCc1nnc(-c2c(F)c(F)c(-c3nnc(CCCCCCC)s3)c(F)c2F)s1. The zero-order valence-electron chi connectivity index (χ0n) is 19.6. The molecule has 0 saturated carbocycles. The van der Waals surface area contributed by atoms with Crippen molar-refractivity contribution in [2.24, 2.45) is 0 Å². The first kappa shape index (κ1) is 26.7. The third-order valence-electron chi connectivity index (χ3n) is 5.61. The fraction of sp³-hybridized carbons (Fsp3) is 0.583. The van der Waals surface area contributed by atoms with Crippen molar-refractivity contribution in [2.75, 3.05) is 0 Å². The highest BCUT2D eigenvalue weighted by Gasteiger charge is 2.30. The molecule has 0 spiro atoms. The summed E-state index contributed by atoms with van der Waals surface area (Å²) in [7, 11) is 0. The topological polar surface area (TPSA) is 51.6 Å². The normalized spacial score (nSPS) is 11.5. The molecule has 34 heavy (non-hydrogen) atoms. The van der Waals surface area contributed by atoms with Crippen LogP contribution in [0, 0.1) is 23.3 Å². The van der Waals surface area contributed by atoms with Crippen molar-refractivity contribution in [3.8, 4) is 21.1 Å². The molecule has 4 nitrogen and oxygen atoms in total. The van der Waals surface area contributed by atoms with E-state index in [9.17, 15) is 17.6 Å². The molecule has 1 aromatic carbocycles. The minimum absolute atomic E-state index is 0.173. The van der Waals surface area contributed by atoms with Gasteiger partial charge in [0.05, 0.1) is 11.1 Å². The first-order chi connectivity index (χ1) is 16.5. The van der Waals surface area contributed by atoms with Gasteiger partial charge in [-0.05, 0) is 12.8 Å². The van der Waals surface area contributed by atoms with Crippen LogP contribution in [0.4, 0.5) is 17.6 Å². The lowest BCUT2D eigenvalue weighted by Gasteiger charge is -2.08. The number of hydrogen-bond acceptors (Lipinski definition) is 6. The van der Waals surface area contributed by atoms with Gasteiger partial charge in [0.25, 0.3) is 0 Å². The maximum absolute atomic E-state index is 14.9. The predicted molar refractivity (Wildman–Crippen MR) is 129 cm³/mol. The van der Waals surface area contributed by atoms with Crippen molar-refractivity contribution < 1.29 is 17.6 Å². The molecule has 0 radical (unpaired) electrons. The largest absolute Gasteiger partial charge is 0.203 e. The number of hydrogen-bond donors (Lipinski definition) is 0. The van der Waals surface area contributed by atoms with Crippen molar-refractivity contribution >= 4 is 22.7 Å². The molecule has 2 aromatic heterocycles. The van der Waals surface area contributed by atoms with Crippen LogP contribution in [-0.2, 0) is 12.8 Å². The summed E-state index contributed by atoms with van der Waals surface area (Å²) >= 11 is 1.91. The number of halogens is 4. The molecule has 186 valence electrons. The Kier molecular flexibility index (Phi) is 10.4. The Labute approximate surface area is 205 Å². The Bertz CT molecular complexity index is 955. The van der Waals surface area contributed by atoms with Gasteiger partial charge >= 0.3 is 0 Å². The molecule has 2 heterocycles. The van der Waals surface area contributed by atoms with E-state index >= 15 is 0 Å². The van der Waals surface area contributed by atoms with Crippen LogP contribution in [0.2, 0.25) is 0 Å². The zero-order chi connectivity index (χ0) is 24.5. The summed E-state index contributed by atoms with van der Waals surface area (Å²) in [5, 5.41) is 16.3. The van der Waals surface area contributed by atoms with Crippen LogP contribution in [-0.4, -0.2) is 20.4 Å². The van der Waals surface area contributed by atoms with Crippen molar-refractivity contribution in [1.82, 2.24) is 20.4 Å². The monoisotopic (exact) mass is 514 g/mol. The molecule has 0 bridgehead atoms. The van der Waals surface area contributed by atoms with Gasteiger partial charge in [0.15, 0.2) is 33.3 Å². The van der Waals surface area contributed by atoms with E-state index in [1.54, 1.807) is 0 Å². The fourth-order valence-electron chi connectivity index (χ4n) is 3.68. The van der Waals surface area contributed by atoms with E-state index in [0.717, 1.165) is 86.9 Å². The van der Waals surface area contributed by atoms with E-state index in [1.807, 2.05) is 0 Å². The Morgan fingerprint density at radius 2 is 0.853 bits per heavy atom. The summed E-state index contributed by atoms with van der Waals surface area (Å²) in [4.78, 5) is 0. The summed E-state index contributed by atoms with van der Waals surface area (Å²) in [5.41, 5.74) is -1.65. The van der Waals surface area contributed by atoms with Gasteiger partial charge in [0, 0.05) is 12.8 Å². The molecule has 3 rings (SSSR count). The highest BCUT2D eigenvalue weighted by Crippen LogP contribution is 2.38. The van der Waals surface area contributed by atoms with Crippen LogP contribution >= 0.6 is 22.7 Å². The maximum atomic E-state index is 14.9. The van der Waals surface area contributed by atoms with Crippen LogP contribution in [0.25, 0.3) is 21.1 Å². The standard InChI is InChI=1S/C24H30F4N4S2/c1-3-5-7-9-11-13-15-29-31-23(33-15)17-19(25)21(27)18(22(28)20(17)26)24-32-30-16(34-24)14-12-10-8-6-4-2/h3-14H2,1-2H3. The number of rotatable bonds is 14. The van der Waals surface area contributed by atoms with Gasteiger partial charge in [-0.25, -0.2) is 17.6 Å². The Hall–Kier alpha value is -1.94. The van der Waals surface area contributed by atoms with Gasteiger partial charge < -0.3 is 0 Å². The van der Waals surface area contributed by atoms with Gasteiger partial charge in [0.1, 0.15) is 10.0 Å². The summed E-state index contributed by atoms with van der Waals surface area (Å²) in [6.45, 7) is 4.26. The minimum Gasteiger partial charge on any atom is -0.203 e. The molecule has 0 aliphatic carbocycles. The second-order valence-electron chi connectivity index (χ2n) is 8.34. The van der Waals surface area contributed by atoms with Gasteiger partial charge in [-0.1, -0.05) is 87.9 Å². The number of aryl methyl sites for hydroxylation is 2. The van der Waals surface area contributed by atoms with E-state index in [2.05, 4.69) is 34.2 Å². The molecule has 3 aromatic rings. The average molecular weight is 515 g/mol. The summed E-state index contributed by atoms with van der Waals surface area (Å²) in [5.74, 6) is -5.96. The smallest absolute Gasteiger partial charge is 0.173 e. The molecule has 0 unspecified atom stereocenters. The Balaban J connectivity index is 1.76. The van der Waals surface area contributed by atoms with Crippen LogP contribution < -0.4 is 0 Å². The van der Waals surface area contributed by atoms with E-state index in [-0.39, 0.29) is 10.0 Å². The highest BCUT2D eigenvalue weighted by molar-refractivity contribution is 7.15. The molecule has 0 N–H and O–H groups in total. The molecular weight excluding hydrogens is 484 g/mol. The van der Waals surface area contributed by atoms with Crippen molar-refractivity contribution in [3.63, 3.8) is 0 Å². The van der Waals surface area contributed by atoms with Crippen molar-refractivity contribution in [3.05, 3.63) is 33.3 Å². The molecule has 0 fully saturated rings. The zero-order valence-corrected chi connectivity index (χ0v) is 21.2. The van der Waals surface area contributed by atoms with E-state index < -0.39 is 34.4 Å². The lowest BCUT2D eigenvalue weighted by molar-refractivity contribution is 0.462. The van der Waals surface area contributed by atoms with E-state index in [4.69, 9.17) is 0 Å². The van der Waals surface area contributed by atoms with Crippen molar-refractivity contribution in [1.29, 1.82) is 0 Å². The number of nitrogens with zero attached hydrogens (tertiary/aromatic N) is 4. The molecule has 0 atom stereocenters. The molecule has 0 amide bonds. The summed E-state index contributed by atoms with van der Waals surface area (Å²) < 4.78 is 59.7. The molecule has 0 aliphatic heterocycles. The second-order valence-corrected chi connectivity index (χ2v) is 10.5. The third kappa shape index (κ3) is 6.59. The van der Waals surface area contributed by atoms with Crippen LogP contribution in [0.5, 0.6) is 0 Å². The van der Waals surface area contributed by atoms with Crippen LogP contribution in [0.3, 0.4) is 0 Å². The predicted octanol–water partition coefficient (Wildman–Crippen LogP) is 8.31. The van der Waals surface area contributed by atoms with E-state index in [0.29, 0.717) is 22.9 Å². The Morgan fingerprint density at radius 3 is 1.21 bits per heavy atom. The molecule has 10 heteroatoms. The van der Waals surface area contributed by atoms with Crippen molar-refractivity contribution in [2.45, 2.75) is 90.9 Å². The van der Waals surface area contributed by atoms with Gasteiger partial charge in [-0.2, -0.15) is 0 Å². The van der Waals surface area contributed by atoms with Crippen LogP contribution in [0.15, 0.2) is 0 Å². The number of aromatic nitrogens is 4. The summed E-state index contributed by atoms with van der Waals surface area (Å²) in [6.07, 6.45) is 11.8. The second kappa shape index (κ2) is 13.2. The molecule has 0 aliphatic rings. The third-order valence-corrected chi connectivity index (χ3v) is 7.61. The first-order valence-corrected chi connectivity index (χ1v) is 13.6. The lowest BCUT2D eigenvalue weighted by Crippen LogP contribution is -2.03. The maximum Gasteiger partial charge on any atom is 0.173 e. The Morgan fingerprint density at radius 1 is 0.500 bits per heavy atom. The first-order valence-electron chi connectivity index (χ1n) is 12.0. The number of unbranched alkanes of at least 4 members (excludes halogenated alkanes) is 8. The molecular formula is C24H30F4N4S2. The molecule has 0 saturated heterocycles. The van der Waals surface area contributed by atoms with Gasteiger partial charge in [0.2, 0.25) is 0 Å². The summed E-state index contributed by atoms with van der Waals surface area (Å²) in [6, 6.07) is 0. The highest BCUT2D eigenvalue weighted by atomic mass is 32.1. The van der Waals surface area contributed by atoms with Crippen LogP contribution in [0.1, 0.15) is 88.1 Å². The van der Waals surface area contributed by atoms with E-state index in [1.165, 1.54) is 0 Å². The lowest BCUT2D eigenvalue weighted by atomic mass is 10.1. The van der Waals surface area contributed by atoms with Gasteiger partial charge in [-0.15, -0.1) is 20.4 Å². The quantitative estimate of drug-likeness (QED) is 0.123. The number of benzene rings is 1. The fourth-order valence-corrected chi connectivity index (χ4v) is 5.51.